The average Bonchev–Trinajstić information content (AvgIpc) is 3.01. The van der Waals surface area contributed by atoms with Crippen LogP contribution in [-0.4, -0.2) is 60.2 Å². The Morgan fingerprint density at radius 3 is 2.13 bits per heavy atom. The zero-order chi connectivity index (χ0) is 21.7. The van der Waals surface area contributed by atoms with Gasteiger partial charge < -0.3 is 14.7 Å². The van der Waals surface area contributed by atoms with Crippen molar-refractivity contribution in [3.8, 4) is 11.1 Å². The van der Waals surface area contributed by atoms with Crippen LogP contribution in [0.3, 0.4) is 0 Å². The standard InChI is InChI=1S/C22H23NO6S/c1-22(2)13-23(11-19(20(24)25)30(22,27)28)21(26)29-12-18-16-9-5-3-7-14(16)15-8-4-6-10-17(15)18/h3-10,18-19H,11-13H2,1-2H3,(H,24,25). The van der Waals surface area contributed by atoms with Crippen molar-refractivity contribution in [3.63, 3.8) is 0 Å². The third kappa shape index (κ3) is 3.15. The van der Waals surface area contributed by atoms with Crippen molar-refractivity contribution in [1.82, 2.24) is 4.90 Å². The fraction of sp³-hybridized carbons (Fsp3) is 0.364. The lowest BCUT2D eigenvalue weighted by Gasteiger charge is -2.40. The second-order valence-electron chi connectivity index (χ2n) is 8.32. The molecule has 1 saturated heterocycles. The number of aliphatic carboxylic acids is 1. The Bertz CT molecular complexity index is 1080. The minimum atomic E-state index is -3.93. The number of rotatable bonds is 3. The minimum Gasteiger partial charge on any atom is -0.480 e. The number of ether oxygens (including phenoxy) is 1. The summed E-state index contributed by atoms with van der Waals surface area (Å²) >= 11 is 0. The normalized spacial score (nSPS) is 21.5. The molecule has 7 nitrogen and oxygen atoms in total. The fourth-order valence-electron chi connectivity index (χ4n) is 4.33. The van der Waals surface area contributed by atoms with Crippen LogP contribution >= 0.6 is 0 Å². The largest absolute Gasteiger partial charge is 0.480 e. The summed E-state index contributed by atoms with van der Waals surface area (Å²) in [5, 5.41) is 7.70. The third-order valence-electron chi connectivity index (χ3n) is 5.97. The van der Waals surface area contributed by atoms with Crippen LogP contribution in [0, 0.1) is 0 Å². The van der Waals surface area contributed by atoms with E-state index in [0.29, 0.717) is 0 Å². The van der Waals surface area contributed by atoms with Gasteiger partial charge >= 0.3 is 12.1 Å². The number of carbonyl (C=O) groups is 2. The Morgan fingerprint density at radius 2 is 1.60 bits per heavy atom. The summed E-state index contributed by atoms with van der Waals surface area (Å²) in [6.45, 7) is 2.42. The van der Waals surface area contributed by atoms with Crippen LogP contribution in [-0.2, 0) is 19.4 Å². The van der Waals surface area contributed by atoms with Crippen molar-refractivity contribution in [3.05, 3.63) is 59.7 Å². The highest BCUT2D eigenvalue weighted by atomic mass is 32.2. The smallest absolute Gasteiger partial charge is 0.409 e. The van der Waals surface area contributed by atoms with E-state index >= 15 is 0 Å². The van der Waals surface area contributed by atoms with Gasteiger partial charge in [0, 0.05) is 12.5 Å². The lowest BCUT2D eigenvalue weighted by Crippen LogP contribution is -2.61. The van der Waals surface area contributed by atoms with Gasteiger partial charge in [-0.1, -0.05) is 48.5 Å². The lowest BCUT2D eigenvalue weighted by atomic mass is 9.98. The van der Waals surface area contributed by atoms with Crippen LogP contribution in [0.15, 0.2) is 48.5 Å². The molecule has 4 rings (SSSR count). The molecule has 0 aromatic heterocycles. The SMILES string of the molecule is CC1(C)CN(C(=O)OCC2c3ccccc3-c3ccccc32)CC(C(=O)O)S1(=O)=O. The number of carboxylic acid groups (broad SMARTS) is 1. The van der Waals surface area contributed by atoms with Gasteiger partial charge in [-0.15, -0.1) is 0 Å². The molecular formula is C22H23NO6S. The van der Waals surface area contributed by atoms with Crippen molar-refractivity contribution >= 4 is 21.9 Å². The van der Waals surface area contributed by atoms with Crippen LogP contribution in [0.5, 0.6) is 0 Å². The predicted molar refractivity (Wildman–Crippen MR) is 111 cm³/mol. The van der Waals surface area contributed by atoms with Gasteiger partial charge in [0.25, 0.3) is 0 Å². The predicted octanol–water partition coefficient (Wildman–Crippen LogP) is 2.90. The van der Waals surface area contributed by atoms with Crippen LogP contribution in [0.25, 0.3) is 11.1 Å². The number of nitrogens with zero attached hydrogens (tertiary/aromatic N) is 1. The molecule has 0 bridgehead atoms. The molecule has 0 spiro atoms. The molecule has 1 heterocycles. The summed E-state index contributed by atoms with van der Waals surface area (Å²) in [6, 6.07) is 15.9. The summed E-state index contributed by atoms with van der Waals surface area (Å²) in [4.78, 5) is 25.5. The average molecular weight is 429 g/mol. The van der Waals surface area contributed by atoms with E-state index in [0.717, 1.165) is 22.3 Å². The van der Waals surface area contributed by atoms with E-state index in [2.05, 4.69) is 0 Å². The van der Waals surface area contributed by atoms with Crippen LogP contribution in [0.2, 0.25) is 0 Å². The number of amides is 1. The highest BCUT2D eigenvalue weighted by Gasteiger charge is 2.51. The molecule has 1 aliphatic carbocycles. The Balaban J connectivity index is 1.54. The van der Waals surface area contributed by atoms with Gasteiger partial charge in [0.1, 0.15) is 6.61 Å². The van der Waals surface area contributed by atoms with E-state index in [9.17, 15) is 23.1 Å². The summed E-state index contributed by atoms with van der Waals surface area (Å²) < 4.78 is 29.2. The first-order valence-corrected chi connectivity index (χ1v) is 11.2. The van der Waals surface area contributed by atoms with Crippen LogP contribution in [0.4, 0.5) is 4.79 Å². The molecule has 2 aromatic carbocycles. The molecule has 2 aromatic rings. The van der Waals surface area contributed by atoms with E-state index in [1.807, 2.05) is 48.5 Å². The van der Waals surface area contributed by atoms with Gasteiger partial charge in [-0.25, -0.2) is 13.2 Å². The second-order valence-corrected chi connectivity index (χ2v) is 11.1. The van der Waals surface area contributed by atoms with Crippen molar-refractivity contribution in [2.24, 2.45) is 0 Å². The summed E-state index contributed by atoms with van der Waals surface area (Å²) in [5.41, 5.74) is 4.34. The van der Waals surface area contributed by atoms with Crippen molar-refractivity contribution < 1.29 is 27.9 Å². The maximum absolute atomic E-state index is 12.8. The molecule has 1 fully saturated rings. The molecule has 158 valence electrons. The number of hydrogen-bond acceptors (Lipinski definition) is 5. The van der Waals surface area contributed by atoms with Crippen LogP contribution < -0.4 is 0 Å². The molecule has 1 amide bonds. The van der Waals surface area contributed by atoms with E-state index in [-0.39, 0.29) is 19.1 Å². The first kappa shape index (κ1) is 20.4. The number of benzene rings is 2. The van der Waals surface area contributed by atoms with Gasteiger partial charge in [0.2, 0.25) is 0 Å². The summed E-state index contributed by atoms with van der Waals surface area (Å²) in [7, 11) is -3.93. The highest BCUT2D eigenvalue weighted by Crippen LogP contribution is 2.44. The zero-order valence-corrected chi connectivity index (χ0v) is 17.6. The maximum atomic E-state index is 12.8. The fourth-order valence-corrected chi connectivity index (χ4v) is 6.08. The van der Waals surface area contributed by atoms with E-state index in [1.54, 1.807) is 0 Å². The Hall–Kier alpha value is -2.87. The summed E-state index contributed by atoms with van der Waals surface area (Å²) in [6.07, 6.45) is -0.703. The minimum absolute atomic E-state index is 0.0915. The quantitative estimate of drug-likeness (QED) is 0.805. The number of fused-ring (bicyclic) bond motifs is 3. The molecule has 1 atom stereocenters. The van der Waals surface area contributed by atoms with Crippen molar-refractivity contribution in [2.75, 3.05) is 19.7 Å². The molecule has 1 N–H and O–H groups in total. The van der Waals surface area contributed by atoms with E-state index < -0.39 is 38.4 Å². The Morgan fingerprint density at radius 1 is 1.07 bits per heavy atom. The molecule has 0 saturated carbocycles. The maximum Gasteiger partial charge on any atom is 0.409 e. The molecule has 0 radical (unpaired) electrons. The van der Waals surface area contributed by atoms with Crippen LogP contribution in [0.1, 0.15) is 30.9 Å². The molecule has 1 aliphatic heterocycles. The number of carbonyl (C=O) groups excluding carboxylic acids is 1. The molecular weight excluding hydrogens is 406 g/mol. The van der Waals surface area contributed by atoms with Gasteiger partial charge in [0.05, 0.1) is 11.3 Å². The number of hydrogen-bond donors (Lipinski definition) is 1. The Labute approximate surface area is 175 Å². The van der Waals surface area contributed by atoms with E-state index in [1.165, 1.54) is 18.7 Å². The van der Waals surface area contributed by atoms with Crippen molar-refractivity contribution in [1.29, 1.82) is 0 Å². The van der Waals surface area contributed by atoms with Gasteiger partial charge in [-0.3, -0.25) is 4.79 Å². The third-order valence-corrected chi connectivity index (χ3v) is 8.74. The molecule has 2 aliphatic rings. The topological polar surface area (TPSA) is 101 Å². The van der Waals surface area contributed by atoms with Crippen molar-refractivity contribution in [2.45, 2.75) is 29.8 Å². The highest BCUT2D eigenvalue weighted by molar-refractivity contribution is 7.94. The molecule has 30 heavy (non-hydrogen) atoms. The van der Waals surface area contributed by atoms with Gasteiger partial charge in [0.15, 0.2) is 15.1 Å². The van der Waals surface area contributed by atoms with E-state index in [4.69, 9.17) is 4.74 Å². The first-order valence-electron chi connectivity index (χ1n) is 9.69. The monoisotopic (exact) mass is 429 g/mol. The molecule has 1 unspecified atom stereocenters. The first-order chi connectivity index (χ1) is 14.1. The zero-order valence-electron chi connectivity index (χ0n) is 16.7. The van der Waals surface area contributed by atoms with Gasteiger partial charge in [-0.2, -0.15) is 0 Å². The molecule has 8 heteroatoms. The Kier molecular flexibility index (Phi) is 4.85. The van der Waals surface area contributed by atoms with Gasteiger partial charge in [-0.05, 0) is 36.1 Å². The number of carboxylic acids is 1. The number of sulfone groups is 1. The summed E-state index contributed by atoms with van der Waals surface area (Å²) in [5.74, 6) is -1.59. The lowest BCUT2D eigenvalue weighted by molar-refractivity contribution is -0.137. The second kappa shape index (κ2) is 7.12.